The van der Waals surface area contributed by atoms with Crippen LogP contribution in [0.1, 0.15) is 5.56 Å². The third-order valence-corrected chi connectivity index (χ3v) is 5.54. The summed E-state index contributed by atoms with van der Waals surface area (Å²) in [5, 5.41) is 0.813. The lowest BCUT2D eigenvalue weighted by molar-refractivity contribution is 0.331. The van der Waals surface area contributed by atoms with Crippen molar-refractivity contribution in [2.45, 2.75) is 4.90 Å². The molecular formula is C17H14N2O3S. The minimum absolute atomic E-state index is 0.261. The van der Waals surface area contributed by atoms with Crippen molar-refractivity contribution in [2.75, 3.05) is 13.2 Å². The van der Waals surface area contributed by atoms with E-state index in [-0.39, 0.29) is 4.90 Å². The molecule has 0 radical (unpaired) electrons. The predicted octanol–water partition coefficient (Wildman–Crippen LogP) is 2.69. The Labute approximate surface area is 133 Å². The molecule has 0 spiro atoms. The zero-order valence-corrected chi connectivity index (χ0v) is 13.0. The van der Waals surface area contributed by atoms with Crippen molar-refractivity contribution < 1.29 is 13.2 Å². The number of fused-ring (bicyclic) bond motifs is 3. The van der Waals surface area contributed by atoms with Crippen molar-refractivity contribution in [3.05, 3.63) is 60.3 Å². The van der Waals surface area contributed by atoms with Gasteiger partial charge in [0, 0.05) is 23.4 Å². The van der Waals surface area contributed by atoms with E-state index in [2.05, 4.69) is 4.99 Å². The van der Waals surface area contributed by atoms with Gasteiger partial charge in [-0.05, 0) is 30.3 Å². The van der Waals surface area contributed by atoms with E-state index in [0.717, 1.165) is 16.7 Å². The van der Waals surface area contributed by atoms with Gasteiger partial charge in [-0.1, -0.05) is 18.2 Å². The molecular weight excluding hydrogens is 312 g/mol. The molecule has 0 fully saturated rings. The molecule has 1 aliphatic rings. The Kier molecular flexibility index (Phi) is 3.20. The summed E-state index contributed by atoms with van der Waals surface area (Å²) in [6.07, 6.45) is 3.33. The van der Waals surface area contributed by atoms with Crippen molar-refractivity contribution in [1.82, 2.24) is 3.97 Å². The lowest BCUT2D eigenvalue weighted by Gasteiger charge is -2.10. The molecule has 6 heteroatoms. The lowest BCUT2D eigenvalue weighted by atomic mass is 10.1. The Morgan fingerprint density at radius 1 is 1.04 bits per heavy atom. The van der Waals surface area contributed by atoms with Gasteiger partial charge in [-0.3, -0.25) is 4.99 Å². The topological polar surface area (TPSA) is 60.7 Å². The van der Waals surface area contributed by atoms with Gasteiger partial charge in [0.1, 0.15) is 12.4 Å². The summed E-state index contributed by atoms with van der Waals surface area (Å²) < 4.78 is 32.6. The standard InChI is InChI=1S/C17H14N2O3S/c20-23(21,13-4-2-1-3-5-13)19-10-8-14-15-12-18-9-11-22-17(15)7-6-16(14)19/h1-8,10,12H,9,11H2. The molecule has 116 valence electrons. The van der Waals surface area contributed by atoms with Gasteiger partial charge < -0.3 is 4.74 Å². The van der Waals surface area contributed by atoms with Crippen molar-refractivity contribution >= 4 is 27.1 Å². The van der Waals surface area contributed by atoms with Gasteiger partial charge >= 0.3 is 0 Å². The number of nitrogens with zero attached hydrogens (tertiary/aromatic N) is 2. The first-order chi connectivity index (χ1) is 11.2. The zero-order chi connectivity index (χ0) is 15.9. The molecule has 0 unspecified atom stereocenters. The van der Waals surface area contributed by atoms with Crippen LogP contribution in [0.4, 0.5) is 0 Å². The van der Waals surface area contributed by atoms with Crippen LogP contribution in [0.2, 0.25) is 0 Å². The second kappa shape index (κ2) is 5.24. The minimum atomic E-state index is -3.63. The highest BCUT2D eigenvalue weighted by molar-refractivity contribution is 7.90. The summed E-state index contributed by atoms with van der Waals surface area (Å²) in [5.41, 5.74) is 1.44. The Balaban J connectivity index is 1.95. The van der Waals surface area contributed by atoms with Gasteiger partial charge in [0.25, 0.3) is 10.0 Å². The van der Waals surface area contributed by atoms with E-state index in [0.29, 0.717) is 18.7 Å². The van der Waals surface area contributed by atoms with Crippen LogP contribution in [-0.2, 0) is 10.0 Å². The molecule has 0 aliphatic carbocycles. The molecule has 1 aliphatic heterocycles. The maximum atomic E-state index is 12.8. The van der Waals surface area contributed by atoms with Crippen LogP contribution in [0, 0.1) is 0 Å². The molecule has 2 heterocycles. The molecule has 5 nitrogen and oxygen atoms in total. The summed E-state index contributed by atoms with van der Waals surface area (Å²) in [6.45, 7) is 1.12. The molecule has 4 rings (SSSR count). The lowest BCUT2D eigenvalue weighted by Crippen LogP contribution is -2.11. The van der Waals surface area contributed by atoms with Crippen LogP contribution in [0.5, 0.6) is 5.75 Å². The molecule has 0 saturated carbocycles. The molecule has 1 aromatic heterocycles. The average Bonchev–Trinajstić information content (AvgIpc) is 2.87. The maximum Gasteiger partial charge on any atom is 0.268 e. The van der Waals surface area contributed by atoms with E-state index < -0.39 is 10.0 Å². The second-order valence-electron chi connectivity index (χ2n) is 5.22. The minimum Gasteiger partial charge on any atom is -0.491 e. The van der Waals surface area contributed by atoms with Crippen LogP contribution in [0.25, 0.3) is 10.9 Å². The van der Waals surface area contributed by atoms with E-state index in [1.807, 2.05) is 0 Å². The van der Waals surface area contributed by atoms with E-state index in [9.17, 15) is 8.42 Å². The molecule has 0 atom stereocenters. The van der Waals surface area contributed by atoms with E-state index >= 15 is 0 Å². The number of benzene rings is 2. The first-order valence-electron chi connectivity index (χ1n) is 7.25. The number of hydrogen-bond acceptors (Lipinski definition) is 4. The highest BCUT2D eigenvalue weighted by atomic mass is 32.2. The van der Waals surface area contributed by atoms with E-state index in [1.54, 1.807) is 60.9 Å². The molecule has 23 heavy (non-hydrogen) atoms. The van der Waals surface area contributed by atoms with E-state index in [1.165, 1.54) is 3.97 Å². The summed E-state index contributed by atoms with van der Waals surface area (Å²) in [5.74, 6) is 0.730. The van der Waals surface area contributed by atoms with Gasteiger partial charge in [-0.2, -0.15) is 0 Å². The van der Waals surface area contributed by atoms with Crippen LogP contribution < -0.4 is 4.74 Å². The first kappa shape index (κ1) is 14.0. The molecule has 2 aromatic carbocycles. The monoisotopic (exact) mass is 326 g/mol. The van der Waals surface area contributed by atoms with Gasteiger partial charge in [0.2, 0.25) is 0 Å². The molecule has 0 amide bonds. The van der Waals surface area contributed by atoms with E-state index in [4.69, 9.17) is 4.74 Å². The maximum absolute atomic E-state index is 12.8. The van der Waals surface area contributed by atoms with Gasteiger partial charge in [-0.25, -0.2) is 12.4 Å². The molecule has 0 bridgehead atoms. The zero-order valence-electron chi connectivity index (χ0n) is 12.2. The highest BCUT2D eigenvalue weighted by Gasteiger charge is 2.20. The number of aromatic nitrogens is 1. The van der Waals surface area contributed by atoms with Gasteiger partial charge in [0.15, 0.2) is 0 Å². The quantitative estimate of drug-likeness (QED) is 0.727. The second-order valence-corrected chi connectivity index (χ2v) is 7.04. The molecule has 0 N–H and O–H groups in total. The Morgan fingerprint density at radius 2 is 1.87 bits per heavy atom. The van der Waals surface area contributed by atoms with Crippen molar-refractivity contribution in [2.24, 2.45) is 4.99 Å². The largest absolute Gasteiger partial charge is 0.491 e. The number of ether oxygens (including phenoxy) is 1. The fraction of sp³-hybridized carbons (Fsp3) is 0.118. The summed E-state index contributed by atoms with van der Waals surface area (Å²) in [4.78, 5) is 4.54. The number of hydrogen-bond donors (Lipinski definition) is 0. The Hall–Kier alpha value is -2.60. The smallest absolute Gasteiger partial charge is 0.268 e. The molecule has 3 aromatic rings. The van der Waals surface area contributed by atoms with Gasteiger partial charge in [0.05, 0.1) is 17.0 Å². The Morgan fingerprint density at radius 3 is 2.70 bits per heavy atom. The Bertz CT molecular complexity index is 1000. The number of aliphatic imine (C=N–C) groups is 1. The average molecular weight is 326 g/mol. The van der Waals surface area contributed by atoms with Crippen LogP contribution >= 0.6 is 0 Å². The predicted molar refractivity (Wildman–Crippen MR) is 88.9 cm³/mol. The van der Waals surface area contributed by atoms with Crippen molar-refractivity contribution in [3.63, 3.8) is 0 Å². The van der Waals surface area contributed by atoms with Crippen molar-refractivity contribution in [3.8, 4) is 5.75 Å². The number of rotatable bonds is 2. The van der Waals surface area contributed by atoms with Crippen molar-refractivity contribution in [1.29, 1.82) is 0 Å². The van der Waals surface area contributed by atoms with Crippen LogP contribution in [0.3, 0.4) is 0 Å². The summed E-state index contributed by atoms with van der Waals surface area (Å²) >= 11 is 0. The summed E-state index contributed by atoms with van der Waals surface area (Å²) in [7, 11) is -3.63. The fourth-order valence-corrected chi connectivity index (χ4v) is 4.10. The SMILES string of the molecule is O=S(=O)(c1ccccc1)n1ccc2c3c(ccc21)OCCN=C3. The third-order valence-electron chi connectivity index (χ3n) is 3.84. The van der Waals surface area contributed by atoms with Gasteiger partial charge in [-0.15, -0.1) is 0 Å². The third kappa shape index (κ3) is 2.22. The molecule has 0 saturated heterocycles. The van der Waals surface area contributed by atoms with Crippen LogP contribution in [0.15, 0.2) is 64.6 Å². The highest BCUT2D eigenvalue weighted by Crippen LogP contribution is 2.30. The normalized spacial score (nSPS) is 14.3. The first-order valence-corrected chi connectivity index (χ1v) is 8.69. The summed E-state index contributed by atoms with van der Waals surface area (Å²) in [6, 6.07) is 13.8. The fourth-order valence-electron chi connectivity index (χ4n) is 2.73. The van der Waals surface area contributed by atoms with Crippen LogP contribution in [-0.4, -0.2) is 31.8 Å².